The molecule has 0 aliphatic rings. The molecule has 8 nitrogen and oxygen atoms in total. The van der Waals surface area contributed by atoms with Gasteiger partial charge in [0.15, 0.2) is 23.3 Å². The fraction of sp³-hybridized carbons (Fsp3) is 0.471. The van der Waals surface area contributed by atoms with Crippen molar-refractivity contribution in [3.8, 4) is 11.5 Å². The Hall–Kier alpha value is -2.77. The van der Waals surface area contributed by atoms with Gasteiger partial charge < -0.3 is 24.7 Å². The van der Waals surface area contributed by atoms with Gasteiger partial charge in [0, 0.05) is 20.1 Å². The number of nitrogens with one attached hydrogen (secondary N) is 2. The Morgan fingerprint density at radius 3 is 2.68 bits per heavy atom. The summed E-state index contributed by atoms with van der Waals surface area (Å²) in [7, 11) is 5.02. The maximum Gasteiger partial charge on any atom is 0.191 e. The molecule has 0 radical (unpaired) electrons. The third-order valence-corrected chi connectivity index (χ3v) is 3.83. The molecule has 136 valence electrons. The van der Waals surface area contributed by atoms with E-state index in [1.54, 1.807) is 27.6 Å². The van der Waals surface area contributed by atoms with Crippen molar-refractivity contribution in [2.24, 2.45) is 4.99 Å². The van der Waals surface area contributed by atoms with Crippen LogP contribution in [0.1, 0.15) is 18.3 Å². The van der Waals surface area contributed by atoms with Gasteiger partial charge in [-0.25, -0.2) is 0 Å². The predicted molar refractivity (Wildman–Crippen MR) is 97.1 cm³/mol. The topological polar surface area (TPSA) is 85.6 Å². The van der Waals surface area contributed by atoms with E-state index < -0.39 is 0 Å². The molecule has 0 unspecified atom stereocenters. The van der Waals surface area contributed by atoms with Gasteiger partial charge in [0.05, 0.1) is 20.8 Å². The lowest BCUT2D eigenvalue weighted by Crippen LogP contribution is -2.38. The molecule has 0 bridgehead atoms. The normalized spacial score (nSPS) is 11.3. The zero-order chi connectivity index (χ0) is 18.1. The van der Waals surface area contributed by atoms with Crippen molar-refractivity contribution in [3.05, 3.63) is 35.9 Å². The van der Waals surface area contributed by atoms with E-state index in [1.165, 1.54) is 0 Å². The highest BCUT2D eigenvalue weighted by molar-refractivity contribution is 5.79. The highest BCUT2D eigenvalue weighted by Gasteiger charge is 2.06. The average molecular weight is 346 g/mol. The van der Waals surface area contributed by atoms with E-state index in [0.717, 1.165) is 48.4 Å². The Morgan fingerprint density at radius 2 is 2.00 bits per heavy atom. The molecular weight excluding hydrogens is 320 g/mol. The van der Waals surface area contributed by atoms with Crippen molar-refractivity contribution in [1.29, 1.82) is 0 Å². The molecule has 8 heteroatoms. The minimum atomic E-state index is 0.573. The van der Waals surface area contributed by atoms with Crippen molar-refractivity contribution in [2.75, 3.05) is 27.8 Å². The smallest absolute Gasteiger partial charge is 0.191 e. The number of guanidine groups is 1. The number of aryl methyl sites for hydroxylation is 1. The maximum absolute atomic E-state index is 5.33. The summed E-state index contributed by atoms with van der Waals surface area (Å²) < 4.78 is 12.6. The molecule has 1 heterocycles. The maximum atomic E-state index is 5.33. The van der Waals surface area contributed by atoms with Crippen LogP contribution in [-0.4, -0.2) is 48.5 Å². The lowest BCUT2D eigenvalue weighted by molar-refractivity contribution is 0.354. The second kappa shape index (κ2) is 9.51. The summed E-state index contributed by atoms with van der Waals surface area (Å²) in [4.78, 5) is 4.23. The van der Waals surface area contributed by atoms with Crippen LogP contribution in [0.15, 0.2) is 29.5 Å². The van der Waals surface area contributed by atoms with Gasteiger partial charge in [-0.05, 0) is 31.0 Å². The number of ether oxygens (including phenoxy) is 2. The number of methoxy groups -OCH3 is 2. The number of benzene rings is 1. The summed E-state index contributed by atoms with van der Waals surface area (Å²) in [5.74, 6) is 3.08. The monoisotopic (exact) mass is 346 g/mol. The van der Waals surface area contributed by atoms with Gasteiger partial charge in [0.25, 0.3) is 0 Å². The van der Waals surface area contributed by atoms with Gasteiger partial charge in [-0.2, -0.15) is 0 Å². The molecule has 2 rings (SSSR count). The minimum absolute atomic E-state index is 0.573. The first kappa shape index (κ1) is 18.6. The van der Waals surface area contributed by atoms with Crippen molar-refractivity contribution in [3.63, 3.8) is 0 Å². The van der Waals surface area contributed by atoms with Crippen LogP contribution in [0.4, 0.5) is 0 Å². The zero-order valence-electron chi connectivity index (χ0n) is 15.2. The van der Waals surface area contributed by atoms with Crippen LogP contribution in [0, 0.1) is 0 Å². The molecular formula is C17H26N6O2. The first-order valence-electron chi connectivity index (χ1n) is 8.23. The van der Waals surface area contributed by atoms with Crippen LogP contribution >= 0.6 is 0 Å². The SMILES string of the molecule is CCn1cnnc1CNC(=NC)NCCc1ccc(OC)c(OC)c1. The molecule has 0 saturated carbocycles. The van der Waals surface area contributed by atoms with Gasteiger partial charge in [0.2, 0.25) is 0 Å². The number of hydrogen-bond donors (Lipinski definition) is 2. The van der Waals surface area contributed by atoms with Gasteiger partial charge in [-0.3, -0.25) is 4.99 Å². The van der Waals surface area contributed by atoms with Gasteiger partial charge in [0.1, 0.15) is 6.33 Å². The van der Waals surface area contributed by atoms with Crippen molar-refractivity contribution in [2.45, 2.75) is 26.4 Å². The Labute approximate surface area is 148 Å². The summed E-state index contributed by atoms with van der Waals surface area (Å²) >= 11 is 0. The molecule has 1 aromatic carbocycles. The lowest BCUT2D eigenvalue weighted by atomic mass is 10.1. The molecule has 0 aliphatic carbocycles. The Kier molecular flexibility index (Phi) is 7.06. The van der Waals surface area contributed by atoms with E-state index in [9.17, 15) is 0 Å². The van der Waals surface area contributed by atoms with E-state index in [1.807, 2.05) is 22.8 Å². The van der Waals surface area contributed by atoms with Crippen LogP contribution in [0.25, 0.3) is 0 Å². The first-order valence-corrected chi connectivity index (χ1v) is 8.23. The molecule has 0 spiro atoms. The Bertz CT molecular complexity index is 698. The molecule has 2 N–H and O–H groups in total. The lowest BCUT2D eigenvalue weighted by Gasteiger charge is -2.13. The summed E-state index contributed by atoms with van der Waals surface area (Å²) in [6.07, 6.45) is 2.57. The summed E-state index contributed by atoms with van der Waals surface area (Å²) in [6, 6.07) is 5.93. The number of rotatable bonds is 8. The zero-order valence-corrected chi connectivity index (χ0v) is 15.2. The predicted octanol–water partition coefficient (Wildman–Crippen LogP) is 1.22. The molecule has 0 saturated heterocycles. The van der Waals surface area contributed by atoms with Crippen LogP contribution < -0.4 is 20.1 Å². The van der Waals surface area contributed by atoms with E-state index in [0.29, 0.717) is 6.54 Å². The molecule has 2 aromatic rings. The highest BCUT2D eigenvalue weighted by atomic mass is 16.5. The summed E-state index contributed by atoms with van der Waals surface area (Å²) in [5, 5.41) is 14.6. The highest BCUT2D eigenvalue weighted by Crippen LogP contribution is 2.27. The average Bonchev–Trinajstić information content (AvgIpc) is 3.11. The van der Waals surface area contributed by atoms with E-state index >= 15 is 0 Å². The molecule has 0 atom stereocenters. The Morgan fingerprint density at radius 1 is 1.20 bits per heavy atom. The van der Waals surface area contributed by atoms with Crippen molar-refractivity contribution < 1.29 is 9.47 Å². The van der Waals surface area contributed by atoms with Gasteiger partial charge in [-0.15, -0.1) is 10.2 Å². The number of nitrogens with zero attached hydrogens (tertiary/aromatic N) is 4. The quantitative estimate of drug-likeness (QED) is 0.552. The van der Waals surface area contributed by atoms with Crippen LogP contribution in [0.5, 0.6) is 11.5 Å². The Balaban J connectivity index is 1.83. The second-order valence-electron chi connectivity index (χ2n) is 5.33. The summed E-state index contributed by atoms with van der Waals surface area (Å²) in [6.45, 7) is 4.22. The number of hydrogen-bond acceptors (Lipinski definition) is 5. The molecule has 1 aromatic heterocycles. The number of aromatic nitrogens is 3. The minimum Gasteiger partial charge on any atom is -0.493 e. The second-order valence-corrected chi connectivity index (χ2v) is 5.33. The first-order chi connectivity index (χ1) is 12.2. The molecule has 0 fully saturated rings. The van der Waals surface area contributed by atoms with E-state index in [4.69, 9.17) is 9.47 Å². The third kappa shape index (κ3) is 5.10. The van der Waals surface area contributed by atoms with Crippen molar-refractivity contribution >= 4 is 5.96 Å². The van der Waals surface area contributed by atoms with Crippen LogP contribution in [0.3, 0.4) is 0 Å². The largest absolute Gasteiger partial charge is 0.493 e. The van der Waals surface area contributed by atoms with Crippen LogP contribution in [0.2, 0.25) is 0 Å². The molecule has 25 heavy (non-hydrogen) atoms. The number of aliphatic imine (C=N–C) groups is 1. The van der Waals surface area contributed by atoms with Gasteiger partial charge in [-0.1, -0.05) is 6.07 Å². The third-order valence-electron chi connectivity index (χ3n) is 3.83. The van der Waals surface area contributed by atoms with Crippen molar-refractivity contribution in [1.82, 2.24) is 25.4 Å². The van der Waals surface area contributed by atoms with E-state index in [-0.39, 0.29) is 0 Å². The molecule has 0 amide bonds. The standard InChI is InChI=1S/C17H26N6O2/c1-5-23-12-21-22-16(23)11-20-17(18-2)19-9-8-13-6-7-14(24-3)15(10-13)25-4/h6-7,10,12H,5,8-9,11H2,1-4H3,(H2,18,19,20). The molecule has 0 aliphatic heterocycles. The van der Waals surface area contributed by atoms with Gasteiger partial charge >= 0.3 is 0 Å². The van der Waals surface area contributed by atoms with E-state index in [2.05, 4.69) is 32.7 Å². The van der Waals surface area contributed by atoms with Crippen LogP contribution in [-0.2, 0) is 19.5 Å². The fourth-order valence-electron chi connectivity index (χ4n) is 2.42. The fourth-order valence-corrected chi connectivity index (χ4v) is 2.42. The summed E-state index contributed by atoms with van der Waals surface area (Å²) in [5.41, 5.74) is 1.16.